The van der Waals surface area contributed by atoms with E-state index in [2.05, 4.69) is 20.6 Å². The van der Waals surface area contributed by atoms with Crippen LogP contribution in [0.3, 0.4) is 0 Å². The first-order valence-electron chi connectivity index (χ1n) is 10.7. The van der Waals surface area contributed by atoms with Gasteiger partial charge < -0.3 is 19.5 Å². The maximum atomic E-state index is 13.2. The molecule has 6 aromatic rings. The van der Waals surface area contributed by atoms with Crippen molar-refractivity contribution in [1.82, 2.24) is 9.97 Å². The molecule has 0 aliphatic carbocycles. The highest BCUT2D eigenvalue weighted by Crippen LogP contribution is 2.26. The summed E-state index contributed by atoms with van der Waals surface area (Å²) in [6.07, 6.45) is 0. The fourth-order valence-corrected chi connectivity index (χ4v) is 3.70. The second kappa shape index (κ2) is 8.22. The molecule has 0 atom stereocenters. The molecule has 7 heteroatoms. The van der Waals surface area contributed by atoms with Crippen molar-refractivity contribution in [3.63, 3.8) is 0 Å². The van der Waals surface area contributed by atoms with Gasteiger partial charge in [0.1, 0.15) is 11.0 Å². The number of oxazole rings is 2. The van der Waals surface area contributed by atoms with E-state index < -0.39 is 0 Å². The minimum absolute atomic E-state index is 0.134. The molecule has 0 aliphatic heterocycles. The van der Waals surface area contributed by atoms with Crippen molar-refractivity contribution in [3.8, 4) is 0 Å². The second-order valence-corrected chi connectivity index (χ2v) is 7.71. The van der Waals surface area contributed by atoms with Crippen LogP contribution in [0.4, 0.5) is 23.4 Å². The van der Waals surface area contributed by atoms with Crippen molar-refractivity contribution >= 4 is 51.4 Å². The molecule has 4 aromatic carbocycles. The summed E-state index contributed by atoms with van der Waals surface area (Å²) in [4.78, 5) is 22.1. The van der Waals surface area contributed by atoms with Gasteiger partial charge >= 0.3 is 0 Å². The fraction of sp³-hybridized carbons (Fsp3) is 0. The molecule has 2 N–H and O–H groups in total. The van der Waals surface area contributed by atoms with E-state index in [0.717, 1.165) is 11.4 Å². The Labute approximate surface area is 194 Å². The van der Waals surface area contributed by atoms with Gasteiger partial charge in [0.05, 0.1) is 0 Å². The van der Waals surface area contributed by atoms with Crippen molar-refractivity contribution in [1.29, 1.82) is 0 Å². The quantitative estimate of drug-likeness (QED) is 0.275. The third-order valence-electron chi connectivity index (χ3n) is 5.35. The molecule has 34 heavy (non-hydrogen) atoms. The standard InChI is InChI=1S/C27H18N4O3/c32-25(17-11-13-23-21(15-17)30-26(33-23)28-19-7-3-1-4-8-19)18-12-14-24-22(16-18)31-27(34-24)29-20-9-5-2-6-10-20/h1-16H,(H,28,30)(H,29,31). The summed E-state index contributed by atoms with van der Waals surface area (Å²) in [7, 11) is 0. The first kappa shape index (κ1) is 19.8. The summed E-state index contributed by atoms with van der Waals surface area (Å²) in [6, 6.07) is 30.4. The molecule has 6 rings (SSSR count). The van der Waals surface area contributed by atoms with Gasteiger partial charge in [-0.3, -0.25) is 4.79 Å². The lowest BCUT2D eigenvalue weighted by atomic mass is 10.0. The van der Waals surface area contributed by atoms with Crippen LogP contribution in [-0.2, 0) is 0 Å². The van der Waals surface area contributed by atoms with E-state index >= 15 is 0 Å². The minimum atomic E-state index is -0.134. The van der Waals surface area contributed by atoms with Gasteiger partial charge in [-0.1, -0.05) is 36.4 Å². The van der Waals surface area contributed by atoms with E-state index in [1.807, 2.05) is 60.7 Å². The topological polar surface area (TPSA) is 93.2 Å². The Bertz CT molecular complexity index is 1500. The van der Waals surface area contributed by atoms with Gasteiger partial charge in [0, 0.05) is 22.5 Å². The number of rotatable bonds is 6. The van der Waals surface area contributed by atoms with Crippen LogP contribution in [0.15, 0.2) is 106 Å². The lowest BCUT2D eigenvalue weighted by Crippen LogP contribution is -2.00. The van der Waals surface area contributed by atoms with E-state index in [0.29, 0.717) is 45.4 Å². The van der Waals surface area contributed by atoms with E-state index in [-0.39, 0.29) is 5.78 Å². The Morgan fingerprint density at radius 3 is 1.47 bits per heavy atom. The van der Waals surface area contributed by atoms with Crippen LogP contribution in [0.2, 0.25) is 0 Å². The summed E-state index contributed by atoms with van der Waals surface area (Å²) in [5, 5.41) is 6.25. The number of aromatic nitrogens is 2. The van der Waals surface area contributed by atoms with Crippen LogP contribution in [0.5, 0.6) is 0 Å². The predicted octanol–water partition coefficient (Wildman–Crippen LogP) is 6.69. The summed E-state index contributed by atoms with van der Waals surface area (Å²) >= 11 is 0. The number of hydrogen-bond donors (Lipinski definition) is 2. The Balaban J connectivity index is 1.26. The van der Waals surface area contributed by atoms with Crippen molar-refractivity contribution < 1.29 is 13.6 Å². The van der Waals surface area contributed by atoms with Gasteiger partial charge in [0.2, 0.25) is 0 Å². The lowest BCUT2D eigenvalue weighted by molar-refractivity contribution is 0.103. The number of hydrogen-bond acceptors (Lipinski definition) is 7. The van der Waals surface area contributed by atoms with Crippen LogP contribution in [-0.4, -0.2) is 15.8 Å². The number of anilines is 4. The third kappa shape index (κ3) is 3.86. The highest BCUT2D eigenvalue weighted by molar-refractivity contribution is 6.11. The number of fused-ring (bicyclic) bond motifs is 2. The summed E-state index contributed by atoms with van der Waals surface area (Å²) in [5.41, 5.74) is 5.15. The molecule has 0 radical (unpaired) electrons. The minimum Gasteiger partial charge on any atom is -0.423 e. The highest BCUT2D eigenvalue weighted by Gasteiger charge is 2.15. The summed E-state index contributed by atoms with van der Waals surface area (Å²) in [5.74, 6) is -0.134. The molecule has 0 aliphatic rings. The molecule has 7 nitrogen and oxygen atoms in total. The number of benzene rings is 4. The molecule has 0 saturated carbocycles. The number of carbonyl (C=O) groups is 1. The summed E-state index contributed by atoms with van der Waals surface area (Å²) in [6.45, 7) is 0. The first-order valence-corrected chi connectivity index (χ1v) is 10.7. The Kier molecular flexibility index (Phi) is 4.77. The number of nitrogens with zero attached hydrogens (tertiary/aromatic N) is 2. The predicted molar refractivity (Wildman–Crippen MR) is 131 cm³/mol. The zero-order valence-corrected chi connectivity index (χ0v) is 17.9. The Morgan fingerprint density at radius 2 is 1.03 bits per heavy atom. The van der Waals surface area contributed by atoms with Gasteiger partial charge in [-0.05, 0) is 60.7 Å². The molecule has 0 bridgehead atoms. The molecule has 0 amide bonds. The largest absolute Gasteiger partial charge is 0.423 e. The van der Waals surface area contributed by atoms with Crippen LogP contribution in [0.1, 0.15) is 15.9 Å². The number of para-hydroxylation sites is 2. The number of ketones is 1. The smallest absolute Gasteiger partial charge is 0.300 e. The Morgan fingerprint density at radius 1 is 0.588 bits per heavy atom. The maximum Gasteiger partial charge on any atom is 0.300 e. The SMILES string of the molecule is O=C(c1ccc2oc(Nc3ccccc3)nc2c1)c1ccc2oc(Nc3ccccc3)nc2c1. The van der Waals surface area contributed by atoms with Gasteiger partial charge in [0.25, 0.3) is 12.0 Å². The molecule has 0 saturated heterocycles. The first-order chi connectivity index (χ1) is 16.7. The number of nitrogens with one attached hydrogen (secondary N) is 2. The zero-order chi connectivity index (χ0) is 22.9. The lowest BCUT2D eigenvalue weighted by Gasteiger charge is -2.00. The molecular weight excluding hydrogens is 428 g/mol. The number of carbonyl (C=O) groups excluding carboxylic acids is 1. The average molecular weight is 446 g/mol. The third-order valence-corrected chi connectivity index (χ3v) is 5.35. The highest BCUT2D eigenvalue weighted by atomic mass is 16.4. The molecular formula is C27H18N4O3. The molecule has 2 heterocycles. The van der Waals surface area contributed by atoms with E-state index in [4.69, 9.17) is 8.83 Å². The van der Waals surface area contributed by atoms with E-state index in [9.17, 15) is 4.79 Å². The molecule has 0 spiro atoms. The van der Waals surface area contributed by atoms with E-state index in [1.54, 1.807) is 36.4 Å². The second-order valence-electron chi connectivity index (χ2n) is 7.71. The van der Waals surface area contributed by atoms with E-state index in [1.165, 1.54) is 0 Å². The summed E-state index contributed by atoms with van der Waals surface area (Å²) < 4.78 is 11.5. The Hall–Kier alpha value is -4.91. The van der Waals surface area contributed by atoms with Gasteiger partial charge in [-0.15, -0.1) is 0 Å². The van der Waals surface area contributed by atoms with Crippen LogP contribution < -0.4 is 10.6 Å². The van der Waals surface area contributed by atoms with Crippen molar-refractivity contribution in [3.05, 3.63) is 108 Å². The molecule has 2 aromatic heterocycles. The maximum absolute atomic E-state index is 13.2. The van der Waals surface area contributed by atoms with Crippen molar-refractivity contribution in [2.24, 2.45) is 0 Å². The molecule has 164 valence electrons. The monoisotopic (exact) mass is 446 g/mol. The van der Waals surface area contributed by atoms with Gasteiger partial charge in [-0.25, -0.2) is 0 Å². The van der Waals surface area contributed by atoms with Gasteiger partial charge in [0.15, 0.2) is 16.9 Å². The zero-order valence-electron chi connectivity index (χ0n) is 17.9. The molecule has 0 fully saturated rings. The normalized spacial score (nSPS) is 11.1. The van der Waals surface area contributed by atoms with Crippen LogP contribution in [0.25, 0.3) is 22.2 Å². The fourth-order valence-electron chi connectivity index (χ4n) is 3.70. The van der Waals surface area contributed by atoms with Crippen LogP contribution >= 0.6 is 0 Å². The van der Waals surface area contributed by atoms with Gasteiger partial charge in [-0.2, -0.15) is 9.97 Å². The van der Waals surface area contributed by atoms with Crippen molar-refractivity contribution in [2.75, 3.05) is 10.6 Å². The average Bonchev–Trinajstić information content (AvgIpc) is 3.46. The molecule has 0 unspecified atom stereocenters. The van der Waals surface area contributed by atoms with Crippen molar-refractivity contribution in [2.45, 2.75) is 0 Å². The van der Waals surface area contributed by atoms with Crippen LogP contribution in [0, 0.1) is 0 Å².